The Morgan fingerprint density at radius 2 is 1.60 bits per heavy atom. The number of hydrogen-bond donors (Lipinski definition) is 1. The summed E-state index contributed by atoms with van der Waals surface area (Å²) in [5.41, 5.74) is 6.17. The lowest BCUT2D eigenvalue weighted by atomic mass is 10.0. The van der Waals surface area contributed by atoms with Gasteiger partial charge in [0.15, 0.2) is 5.78 Å². The number of piperidine rings is 1. The van der Waals surface area contributed by atoms with E-state index in [1.165, 1.54) is 54.7 Å². The quantitative estimate of drug-likeness (QED) is 0.673. The molecule has 1 fully saturated rings. The Bertz CT molecular complexity index is 826. The summed E-state index contributed by atoms with van der Waals surface area (Å²) >= 11 is 0. The van der Waals surface area contributed by atoms with Gasteiger partial charge >= 0.3 is 0 Å². The first-order valence-electron chi connectivity index (χ1n) is 9.27. The van der Waals surface area contributed by atoms with Gasteiger partial charge in [-0.3, -0.25) is 4.79 Å². The molecule has 0 unspecified atom stereocenters. The van der Waals surface area contributed by atoms with Crippen LogP contribution in [0.25, 0.3) is 5.57 Å². The molecule has 2 nitrogen and oxygen atoms in total. The number of quaternary nitrogens is 1. The SMILES string of the molecule is O=C(/C=C/C1=C([NH+]2CCCCC2)Cc2ccccc21)c1ccccc1. The molecule has 2 aromatic rings. The van der Waals surface area contributed by atoms with Gasteiger partial charge in [0, 0.05) is 17.6 Å². The van der Waals surface area contributed by atoms with Crippen molar-refractivity contribution in [1.29, 1.82) is 0 Å². The van der Waals surface area contributed by atoms with E-state index in [0.29, 0.717) is 0 Å². The molecular weight excluding hydrogens is 306 g/mol. The van der Waals surface area contributed by atoms with Crippen LogP contribution in [0.5, 0.6) is 0 Å². The van der Waals surface area contributed by atoms with E-state index in [1.54, 1.807) is 11.0 Å². The van der Waals surface area contributed by atoms with Crippen LogP contribution >= 0.6 is 0 Å². The molecule has 4 rings (SSSR count). The van der Waals surface area contributed by atoms with Crippen LogP contribution in [0.1, 0.15) is 40.7 Å². The predicted octanol–water partition coefficient (Wildman–Crippen LogP) is 3.46. The monoisotopic (exact) mass is 330 g/mol. The fraction of sp³-hybridized carbons (Fsp3) is 0.261. The normalized spacial score (nSPS) is 17.9. The van der Waals surface area contributed by atoms with Crippen LogP contribution in [0.4, 0.5) is 0 Å². The maximum Gasteiger partial charge on any atom is 0.185 e. The summed E-state index contributed by atoms with van der Waals surface area (Å²) in [4.78, 5) is 14.1. The Morgan fingerprint density at radius 1 is 0.880 bits per heavy atom. The van der Waals surface area contributed by atoms with E-state index >= 15 is 0 Å². The van der Waals surface area contributed by atoms with E-state index in [2.05, 4.69) is 30.3 Å². The third-order valence-corrected chi connectivity index (χ3v) is 5.34. The predicted molar refractivity (Wildman–Crippen MR) is 102 cm³/mol. The number of rotatable bonds is 4. The Morgan fingerprint density at radius 3 is 2.40 bits per heavy atom. The molecule has 1 aliphatic heterocycles. The molecule has 0 radical (unpaired) electrons. The second kappa shape index (κ2) is 7.20. The molecule has 0 saturated carbocycles. The lowest BCUT2D eigenvalue weighted by Crippen LogP contribution is -3.11. The van der Waals surface area contributed by atoms with Gasteiger partial charge in [0.25, 0.3) is 0 Å². The smallest absolute Gasteiger partial charge is 0.185 e. The zero-order valence-corrected chi connectivity index (χ0v) is 14.5. The summed E-state index contributed by atoms with van der Waals surface area (Å²) < 4.78 is 0. The van der Waals surface area contributed by atoms with Gasteiger partial charge in [-0.2, -0.15) is 0 Å². The van der Waals surface area contributed by atoms with Gasteiger partial charge in [-0.15, -0.1) is 0 Å². The van der Waals surface area contributed by atoms with E-state index in [0.717, 1.165) is 12.0 Å². The average Bonchev–Trinajstić information content (AvgIpc) is 3.06. The van der Waals surface area contributed by atoms with Crippen LogP contribution in [0.3, 0.4) is 0 Å². The average molecular weight is 330 g/mol. The molecule has 126 valence electrons. The highest BCUT2D eigenvalue weighted by Crippen LogP contribution is 2.31. The minimum Gasteiger partial charge on any atom is -0.305 e. The van der Waals surface area contributed by atoms with Gasteiger partial charge in [-0.25, -0.2) is 0 Å². The standard InChI is InChI=1S/C23H23NO/c25-23(18-9-3-1-4-10-18)14-13-21-20-12-6-5-11-19(20)17-22(21)24-15-7-2-8-16-24/h1,3-6,9-14H,2,7-8,15-17H2/p+1/b14-13+. The molecule has 0 amide bonds. The lowest BCUT2D eigenvalue weighted by Gasteiger charge is -2.24. The number of carbonyl (C=O) groups is 1. The van der Waals surface area contributed by atoms with Crippen molar-refractivity contribution in [3.63, 3.8) is 0 Å². The van der Waals surface area contributed by atoms with Gasteiger partial charge in [0.2, 0.25) is 0 Å². The first-order chi connectivity index (χ1) is 12.3. The fourth-order valence-corrected chi connectivity index (χ4v) is 4.03. The van der Waals surface area contributed by atoms with Crippen molar-refractivity contribution >= 4 is 11.4 Å². The molecule has 1 aliphatic carbocycles. The summed E-state index contributed by atoms with van der Waals surface area (Å²) in [6.07, 6.45) is 8.77. The Labute approximate surface area is 149 Å². The first kappa shape index (κ1) is 16.0. The van der Waals surface area contributed by atoms with E-state index in [9.17, 15) is 4.79 Å². The summed E-state index contributed by atoms with van der Waals surface area (Å²) in [5, 5.41) is 0. The molecule has 1 saturated heterocycles. The van der Waals surface area contributed by atoms with Crippen molar-refractivity contribution in [2.75, 3.05) is 13.1 Å². The summed E-state index contributed by atoms with van der Waals surface area (Å²) in [5.74, 6) is 0.0745. The number of ketones is 1. The highest BCUT2D eigenvalue weighted by Gasteiger charge is 2.29. The molecule has 2 aliphatic rings. The fourth-order valence-electron chi connectivity index (χ4n) is 4.03. The number of nitrogens with one attached hydrogen (secondary N) is 1. The van der Waals surface area contributed by atoms with Crippen molar-refractivity contribution in [2.24, 2.45) is 0 Å². The minimum atomic E-state index is 0.0745. The molecule has 1 N–H and O–H groups in total. The zero-order chi connectivity index (χ0) is 17.1. The Kier molecular flexibility index (Phi) is 4.62. The van der Waals surface area contributed by atoms with Crippen molar-refractivity contribution in [2.45, 2.75) is 25.7 Å². The van der Waals surface area contributed by atoms with E-state index in [-0.39, 0.29) is 5.78 Å². The first-order valence-corrected chi connectivity index (χ1v) is 9.27. The topological polar surface area (TPSA) is 21.5 Å². The van der Waals surface area contributed by atoms with Gasteiger partial charge in [-0.1, -0.05) is 54.6 Å². The van der Waals surface area contributed by atoms with Crippen molar-refractivity contribution in [3.05, 3.63) is 89.1 Å². The van der Waals surface area contributed by atoms with Gasteiger partial charge in [-0.05, 0) is 42.5 Å². The Hall–Kier alpha value is -2.45. The molecule has 2 aromatic carbocycles. The number of likely N-dealkylation sites (tertiary alicyclic amines) is 1. The lowest BCUT2D eigenvalue weighted by molar-refractivity contribution is -0.866. The van der Waals surface area contributed by atoms with Crippen LogP contribution in [0.15, 0.2) is 72.4 Å². The maximum atomic E-state index is 12.5. The molecule has 0 spiro atoms. The van der Waals surface area contributed by atoms with Crippen LogP contribution < -0.4 is 4.90 Å². The number of allylic oxidation sites excluding steroid dienone is 4. The molecule has 2 heteroatoms. The number of hydrogen-bond acceptors (Lipinski definition) is 1. The van der Waals surface area contributed by atoms with Crippen LogP contribution in [0, 0.1) is 0 Å². The third kappa shape index (κ3) is 3.35. The summed E-state index contributed by atoms with van der Waals surface area (Å²) in [6.45, 7) is 2.43. The van der Waals surface area contributed by atoms with Crippen molar-refractivity contribution < 1.29 is 9.69 Å². The molecule has 1 heterocycles. The highest BCUT2D eigenvalue weighted by atomic mass is 16.1. The van der Waals surface area contributed by atoms with E-state index in [1.807, 2.05) is 30.3 Å². The second-order valence-corrected chi connectivity index (χ2v) is 6.95. The second-order valence-electron chi connectivity index (χ2n) is 6.95. The largest absolute Gasteiger partial charge is 0.305 e. The summed E-state index contributed by atoms with van der Waals surface area (Å²) in [7, 11) is 0. The number of fused-ring (bicyclic) bond motifs is 1. The van der Waals surface area contributed by atoms with Gasteiger partial charge < -0.3 is 4.90 Å². The maximum absolute atomic E-state index is 12.5. The molecule has 0 atom stereocenters. The molecular formula is C23H24NO+. The van der Waals surface area contributed by atoms with Crippen LogP contribution in [-0.2, 0) is 6.42 Å². The van der Waals surface area contributed by atoms with Crippen LogP contribution in [0.2, 0.25) is 0 Å². The third-order valence-electron chi connectivity index (χ3n) is 5.34. The molecule has 0 bridgehead atoms. The zero-order valence-electron chi connectivity index (χ0n) is 14.5. The minimum absolute atomic E-state index is 0.0745. The molecule has 0 aromatic heterocycles. The Balaban J connectivity index is 1.67. The summed E-state index contributed by atoms with van der Waals surface area (Å²) in [6, 6.07) is 18.1. The van der Waals surface area contributed by atoms with E-state index < -0.39 is 0 Å². The number of carbonyl (C=O) groups excluding carboxylic acids is 1. The van der Waals surface area contributed by atoms with Gasteiger partial charge in [0.05, 0.1) is 13.1 Å². The van der Waals surface area contributed by atoms with Gasteiger partial charge in [0.1, 0.15) is 5.70 Å². The molecule has 25 heavy (non-hydrogen) atoms. The number of benzene rings is 2. The van der Waals surface area contributed by atoms with E-state index in [4.69, 9.17) is 0 Å². The van der Waals surface area contributed by atoms with Crippen molar-refractivity contribution in [1.82, 2.24) is 0 Å². The van der Waals surface area contributed by atoms with Crippen molar-refractivity contribution in [3.8, 4) is 0 Å². The highest BCUT2D eigenvalue weighted by molar-refractivity contribution is 6.06. The van der Waals surface area contributed by atoms with Crippen LogP contribution in [-0.4, -0.2) is 18.9 Å².